The summed E-state index contributed by atoms with van der Waals surface area (Å²) in [5.74, 6) is 2.01. The van der Waals surface area contributed by atoms with Crippen LogP contribution in [0, 0.1) is 0 Å². The lowest BCUT2D eigenvalue weighted by atomic mass is 10.0. The Morgan fingerprint density at radius 2 is 1.83 bits per heavy atom. The fourth-order valence-corrected chi connectivity index (χ4v) is 3.20. The summed E-state index contributed by atoms with van der Waals surface area (Å²) in [6.07, 6.45) is 6.01. The lowest BCUT2D eigenvalue weighted by Crippen LogP contribution is -2.35. The summed E-state index contributed by atoms with van der Waals surface area (Å²) in [5.41, 5.74) is 1.57. The molecule has 0 unspecified atom stereocenters. The summed E-state index contributed by atoms with van der Waals surface area (Å²) in [4.78, 5) is 16.6. The van der Waals surface area contributed by atoms with E-state index in [1.807, 2.05) is 36.4 Å². The molecule has 0 atom stereocenters. The maximum Gasteiger partial charge on any atom is 0.344 e. The molecule has 7 nitrogen and oxygen atoms in total. The largest absolute Gasteiger partial charge is 0.500 e. The van der Waals surface area contributed by atoms with Crippen molar-refractivity contribution in [3.63, 3.8) is 0 Å². The van der Waals surface area contributed by atoms with Crippen molar-refractivity contribution in [3.8, 4) is 22.6 Å². The van der Waals surface area contributed by atoms with Gasteiger partial charge in [-0.15, -0.1) is 0 Å². The summed E-state index contributed by atoms with van der Waals surface area (Å²) < 4.78 is 27.4. The molecule has 0 bridgehead atoms. The standard InChI is InChI=1S/C23H25NO6/c1-5-29-20(25)14-30-23-17(15-9-11-16(26-2)12-10-15)13-24-22-19(28-4)8-6-7-18(27-3)21(22)23/h6,8-13H,5,7,14H2,1-4H3. The maximum absolute atomic E-state index is 12.0. The van der Waals surface area contributed by atoms with E-state index < -0.39 is 5.97 Å². The first-order valence-electron chi connectivity index (χ1n) is 9.56. The van der Waals surface area contributed by atoms with Gasteiger partial charge in [-0.2, -0.15) is 0 Å². The van der Waals surface area contributed by atoms with E-state index in [-0.39, 0.29) is 13.2 Å². The van der Waals surface area contributed by atoms with Crippen molar-refractivity contribution in [1.29, 1.82) is 0 Å². The van der Waals surface area contributed by atoms with Crippen molar-refractivity contribution in [2.45, 2.75) is 13.3 Å². The Morgan fingerprint density at radius 1 is 1.07 bits per heavy atom. The van der Waals surface area contributed by atoms with Gasteiger partial charge in [0, 0.05) is 18.2 Å². The summed E-state index contributed by atoms with van der Waals surface area (Å²) in [6.45, 7) is 1.80. The quantitative estimate of drug-likeness (QED) is 0.616. The Balaban J connectivity index is 2.27. The first-order chi connectivity index (χ1) is 14.6. The second kappa shape index (κ2) is 9.82. The number of esters is 1. The van der Waals surface area contributed by atoms with Gasteiger partial charge in [0.25, 0.3) is 0 Å². The summed E-state index contributed by atoms with van der Waals surface area (Å²) in [7, 11) is 4.79. The van der Waals surface area contributed by atoms with Crippen LogP contribution in [0.1, 0.15) is 13.3 Å². The molecule has 0 spiro atoms. The van der Waals surface area contributed by atoms with E-state index in [4.69, 9.17) is 23.7 Å². The molecule has 1 aromatic carbocycles. The highest BCUT2D eigenvalue weighted by Crippen LogP contribution is 2.28. The molecule has 0 fully saturated rings. The van der Waals surface area contributed by atoms with E-state index >= 15 is 0 Å². The lowest BCUT2D eigenvalue weighted by molar-refractivity contribution is -0.145. The number of carbonyl (C=O) groups excluding carboxylic acids is 1. The van der Waals surface area contributed by atoms with Crippen LogP contribution in [0.4, 0.5) is 0 Å². The van der Waals surface area contributed by atoms with Crippen molar-refractivity contribution >= 4 is 17.5 Å². The molecule has 0 saturated carbocycles. The monoisotopic (exact) mass is 411 g/mol. The van der Waals surface area contributed by atoms with E-state index in [0.717, 1.165) is 11.3 Å². The SMILES string of the molecule is CCOC(=O)COc1c(-c2ccc(OC)cc2)cnc2c1=C(OC)CC=CC=2OC. The van der Waals surface area contributed by atoms with Crippen molar-refractivity contribution in [2.75, 3.05) is 34.5 Å². The third-order valence-corrected chi connectivity index (χ3v) is 4.62. The van der Waals surface area contributed by atoms with Gasteiger partial charge in [-0.3, -0.25) is 4.98 Å². The Morgan fingerprint density at radius 3 is 2.47 bits per heavy atom. The van der Waals surface area contributed by atoms with Crippen LogP contribution in [0.25, 0.3) is 22.6 Å². The predicted octanol–water partition coefficient (Wildman–Crippen LogP) is 2.17. The van der Waals surface area contributed by atoms with Crippen molar-refractivity contribution < 1.29 is 28.5 Å². The Kier molecular flexibility index (Phi) is 6.95. The van der Waals surface area contributed by atoms with Crippen molar-refractivity contribution in [2.24, 2.45) is 0 Å². The molecule has 1 aliphatic rings. The van der Waals surface area contributed by atoms with Crippen LogP contribution in [0.15, 0.2) is 42.6 Å². The van der Waals surface area contributed by atoms with Gasteiger partial charge in [0.1, 0.15) is 28.4 Å². The molecule has 3 rings (SSSR count). The van der Waals surface area contributed by atoms with Crippen LogP contribution in [-0.4, -0.2) is 45.5 Å². The molecule has 0 aliphatic heterocycles. The number of fused-ring (bicyclic) bond motifs is 1. The third kappa shape index (κ3) is 4.40. The van der Waals surface area contributed by atoms with Crippen LogP contribution < -0.4 is 20.0 Å². The fourth-order valence-electron chi connectivity index (χ4n) is 3.20. The van der Waals surface area contributed by atoms with Crippen molar-refractivity contribution in [1.82, 2.24) is 4.98 Å². The second-order valence-corrected chi connectivity index (χ2v) is 6.35. The van der Waals surface area contributed by atoms with E-state index in [1.54, 1.807) is 34.4 Å². The number of ether oxygens (including phenoxy) is 5. The Bertz CT molecular complexity index is 1060. The first-order valence-corrected chi connectivity index (χ1v) is 9.56. The molecule has 2 aromatic rings. The van der Waals surface area contributed by atoms with Crippen LogP contribution in [0.3, 0.4) is 0 Å². The number of pyridine rings is 1. The first kappa shape index (κ1) is 21.2. The number of aromatic nitrogens is 1. The van der Waals surface area contributed by atoms with Gasteiger partial charge >= 0.3 is 5.97 Å². The molecule has 0 radical (unpaired) electrons. The minimum absolute atomic E-state index is 0.236. The van der Waals surface area contributed by atoms with Crippen LogP contribution >= 0.6 is 0 Å². The average molecular weight is 411 g/mol. The fraction of sp³-hybridized carbons (Fsp3) is 0.304. The molecular formula is C23H25NO6. The number of hydrogen-bond donors (Lipinski definition) is 0. The molecule has 1 aliphatic carbocycles. The van der Waals surface area contributed by atoms with Crippen molar-refractivity contribution in [3.05, 3.63) is 53.2 Å². The summed E-state index contributed by atoms with van der Waals surface area (Å²) in [5, 5.41) is 1.23. The molecule has 1 heterocycles. The number of rotatable bonds is 8. The van der Waals surface area contributed by atoms with E-state index in [2.05, 4.69) is 4.98 Å². The molecule has 158 valence electrons. The minimum Gasteiger partial charge on any atom is -0.500 e. The predicted molar refractivity (Wildman–Crippen MR) is 112 cm³/mol. The van der Waals surface area contributed by atoms with Gasteiger partial charge in [0.2, 0.25) is 0 Å². The highest BCUT2D eigenvalue weighted by atomic mass is 16.6. The third-order valence-electron chi connectivity index (χ3n) is 4.62. The molecule has 0 amide bonds. The molecular weight excluding hydrogens is 386 g/mol. The molecule has 7 heteroatoms. The Labute approximate surface area is 175 Å². The van der Waals surface area contributed by atoms with E-state index in [9.17, 15) is 4.79 Å². The highest BCUT2D eigenvalue weighted by molar-refractivity contribution is 5.75. The lowest BCUT2D eigenvalue weighted by Gasteiger charge is -2.15. The molecule has 0 N–H and O–H groups in total. The minimum atomic E-state index is -0.453. The number of nitrogens with zero attached hydrogens (tertiary/aromatic N) is 1. The molecule has 30 heavy (non-hydrogen) atoms. The van der Waals surface area contributed by atoms with Gasteiger partial charge in [0.15, 0.2) is 6.61 Å². The topological polar surface area (TPSA) is 76.1 Å². The normalized spacial score (nSPS) is 12.7. The average Bonchev–Trinajstić information content (AvgIpc) is 2.96. The van der Waals surface area contributed by atoms with Crippen LogP contribution in [0.2, 0.25) is 0 Å². The smallest absolute Gasteiger partial charge is 0.344 e. The van der Waals surface area contributed by atoms with E-state index in [0.29, 0.717) is 39.8 Å². The summed E-state index contributed by atoms with van der Waals surface area (Å²) >= 11 is 0. The van der Waals surface area contributed by atoms with Gasteiger partial charge in [0.05, 0.1) is 33.2 Å². The van der Waals surface area contributed by atoms with Gasteiger partial charge < -0.3 is 23.7 Å². The van der Waals surface area contributed by atoms with E-state index in [1.165, 1.54) is 0 Å². The Hall–Kier alpha value is -3.48. The van der Waals surface area contributed by atoms with Gasteiger partial charge in [-0.05, 0) is 30.7 Å². The molecule has 0 saturated heterocycles. The van der Waals surface area contributed by atoms with Crippen LogP contribution in [0.5, 0.6) is 11.5 Å². The maximum atomic E-state index is 12.0. The number of carbonyl (C=O) groups is 1. The van der Waals surface area contributed by atoms with Crippen LogP contribution in [-0.2, 0) is 19.0 Å². The zero-order valence-corrected chi connectivity index (χ0v) is 17.6. The summed E-state index contributed by atoms with van der Waals surface area (Å²) in [6, 6.07) is 7.51. The number of methoxy groups -OCH3 is 3. The number of hydrogen-bond acceptors (Lipinski definition) is 7. The zero-order valence-electron chi connectivity index (χ0n) is 17.6. The van der Waals surface area contributed by atoms with Gasteiger partial charge in [-0.1, -0.05) is 18.2 Å². The van der Waals surface area contributed by atoms with Gasteiger partial charge in [-0.25, -0.2) is 4.79 Å². The second-order valence-electron chi connectivity index (χ2n) is 6.35. The highest BCUT2D eigenvalue weighted by Gasteiger charge is 2.18. The molecule has 1 aromatic heterocycles. The number of benzene rings is 1. The zero-order chi connectivity index (χ0) is 21.5.